The molecule has 0 bridgehead atoms. The number of ether oxygens (including phenoxy) is 3. The Balaban J connectivity index is 1.63. The van der Waals surface area contributed by atoms with Gasteiger partial charge in [0.15, 0.2) is 5.72 Å². The van der Waals surface area contributed by atoms with Crippen LogP contribution in [0.25, 0.3) is 0 Å². The summed E-state index contributed by atoms with van der Waals surface area (Å²) < 4.78 is 16.9. The Kier molecular flexibility index (Phi) is 6.16. The SMILES string of the molecule is COc1ccc(CCC2CC(N)(c3ccc(OC)cc3)Oc3ccccc3C2O)cc1. The minimum Gasteiger partial charge on any atom is -0.497 e. The number of methoxy groups -OCH3 is 2. The van der Waals surface area contributed by atoms with Gasteiger partial charge in [0.25, 0.3) is 0 Å². The van der Waals surface area contributed by atoms with Crippen LogP contribution in [0.4, 0.5) is 0 Å². The quantitative estimate of drug-likeness (QED) is 0.612. The van der Waals surface area contributed by atoms with Crippen LogP contribution in [-0.4, -0.2) is 19.3 Å². The van der Waals surface area contributed by atoms with E-state index in [9.17, 15) is 5.11 Å². The molecule has 0 radical (unpaired) electrons. The molecule has 0 saturated heterocycles. The van der Waals surface area contributed by atoms with Gasteiger partial charge in [-0.15, -0.1) is 0 Å². The molecule has 0 spiro atoms. The largest absolute Gasteiger partial charge is 0.497 e. The van der Waals surface area contributed by atoms with Crippen LogP contribution >= 0.6 is 0 Å². The zero-order chi connectivity index (χ0) is 21.8. The average molecular weight is 420 g/mol. The van der Waals surface area contributed by atoms with E-state index in [2.05, 4.69) is 12.1 Å². The van der Waals surface area contributed by atoms with Crippen LogP contribution < -0.4 is 19.9 Å². The van der Waals surface area contributed by atoms with Gasteiger partial charge >= 0.3 is 0 Å². The molecule has 0 aliphatic carbocycles. The molecule has 1 aliphatic rings. The molecule has 3 N–H and O–H groups in total. The molecular weight excluding hydrogens is 390 g/mol. The Morgan fingerprint density at radius 1 is 0.935 bits per heavy atom. The second-order valence-corrected chi connectivity index (χ2v) is 8.05. The Bertz CT molecular complexity index is 1000. The van der Waals surface area contributed by atoms with Gasteiger partial charge in [0.2, 0.25) is 0 Å². The number of hydrogen-bond donors (Lipinski definition) is 2. The molecule has 3 unspecified atom stereocenters. The molecule has 162 valence electrons. The molecule has 1 heterocycles. The van der Waals surface area contributed by atoms with Crippen molar-refractivity contribution in [3.05, 3.63) is 89.5 Å². The maximum atomic E-state index is 11.2. The molecule has 3 atom stereocenters. The van der Waals surface area contributed by atoms with Crippen molar-refractivity contribution in [1.82, 2.24) is 0 Å². The zero-order valence-corrected chi connectivity index (χ0v) is 18.0. The lowest BCUT2D eigenvalue weighted by atomic mass is 9.83. The maximum absolute atomic E-state index is 11.2. The Morgan fingerprint density at radius 3 is 2.19 bits per heavy atom. The second kappa shape index (κ2) is 9.00. The minimum absolute atomic E-state index is 0.0714. The van der Waals surface area contributed by atoms with Crippen LogP contribution in [0.1, 0.15) is 35.6 Å². The minimum atomic E-state index is -1.05. The van der Waals surface area contributed by atoms with Crippen LogP contribution in [0.3, 0.4) is 0 Å². The van der Waals surface area contributed by atoms with Gasteiger partial charge in [-0.25, -0.2) is 0 Å². The summed E-state index contributed by atoms with van der Waals surface area (Å²) in [5.41, 5.74) is 8.63. The summed E-state index contributed by atoms with van der Waals surface area (Å²) in [5.74, 6) is 2.15. The molecule has 0 aromatic heterocycles. The predicted molar refractivity (Wildman–Crippen MR) is 120 cm³/mol. The summed E-state index contributed by atoms with van der Waals surface area (Å²) >= 11 is 0. The number of rotatable bonds is 6. The summed E-state index contributed by atoms with van der Waals surface area (Å²) in [5, 5.41) is 11.2. The summed E-state index contributed by atoms with van der Waals surface area (Å²) in [6, 6.07) is 23.3. The highest BCUT2D eigenvalue weighted by Crippen LogP contribution is 2.44. The fourth-order valence-electron chi connectivity index (χ4n) is 4.26. The first kappa shape index (κ1) is 21.2. The third-order valence-electron chi connectivity index (χ3n) is 6.08. The maximum Gasteiger partial charge on any atom is 0.185 e. The van der Waals surface area contributed by atoms with Crippen LogP contribution in [0.2, 0.25) is 0 Å². The summed E-state index contributed by atoms with van der Waals surface area (Å²) in [6.45, 7) is 0. The molecule has 31 heavy (non-hydrogen) atoms. The fourth-order valence-corrected chi connectivity index (χ4v) is 4.26. The van der Waals surface area contributed by atoms with Gasteiger partial charge < -0.3 is 19.3 Å². The number of nitrogens with two attached hydrogens (primary N) is 1. The van der Waals surface area contributed by atoms with Gasteiger partial charge in [-0.05, 0) is 66.8 Å². The van der Waals surface area contributed by atoms with E-state index in [0.29, 0.717) is 12.2 Å². The van der Waals surface area contributed by atoms with Crippen LogP contribution in [-0.2, 0) is 12.1 Å². The van der Waals surface area contributed by atoms with E-state index in [0.717, 1.165) is 35.5 Å². The number of aliphatic hydroxyl groups excluding tert-OH is 1. The number of hydrogen-bond acceptors (Lipinski definition) is 5. The number of fused-ring (bicyclic) bond motifs is 1. The molecule has 5 nitrogen and oxygen atoms in total. The molecule has 1 aliphatic heterocycles. The lowest BCUT2D eigenvalue weighted by Crippen LogP contribution is -2.44. The van der Waals surface area contributed by atoms with Gasteiger partial charge in [-0.3, -0.25) is 5.73 Å². The van der Waals surface area contributed by atoms with E-state index < -0.39 is 11.8 Å². The molecule has 0 saturated carbocycles. The molecule has 3 aromatic carbocycles. The van der Waals surface area contributed by atoms with Gasteiger partial charge in [0.05, 0.1) is 20.3 Å². The van der Waals surface area contributed by atoms with Crippen molar-refractivity contribution < 1.29 is 19.3 Å². The van der Waals surface area contributed by atoms with Crippen molar-refractivity contribution in [1.29, 1.82) is 0 Å². The standard InChI is InChI=1S/C26H29NO4/c1-29-21-13-8-18(9-14-21)7-10-19-17-26(27,20-11-15-22(30-2)16-12-20)31-24-6-4-3-5-23(24)25(19)28/h3-6,8-9,11-16,19,25,28H,7,10,17,27H2,1-2H3. The van der Waals surface area contributed by atoms with E-state index in [1.54, 1.807) is 14.2 Å². The van der Waals surface area contributed by atoms with E-state index in [-0.39, 0.29) is 5.92 Å². The zero-order valence-electron chi connectivity index (χ0n) is 18.0. The molecule has 3 aromatic rings. The topological polar surface area (TPSA) is 73.9 Å². The molecule has 0 fully saturated rings. The first-order valence-corrected chi connectivity index (χ1v) is 10.5. The monoisotopic (exact) mass is 419 g/mol. The number of aliphatic hydroxyl groups is 1. The Morgan fingerprint density at radius 2 is 1.55 bits per heavy atom. The van der Waals surface area contributed by atoms with E-state index in [1.165, 1.54) is 5.56 Å². The third kappa shape index (κ3) is 4.53. The second-order valence-electron chi connectivity index (χ2n) is 8.05. The Labute approximate surface area is 183 Å². The van der Waals surface area contributed by atoms with Crippen LogP contribution in [0, 0.1) is 5.92 Å². The van der Waals surface area contributed by atoms with Crippen molar-refractivity contribution >= 4 is 0 Å². The number of aryl methyl sites for hydroxylation is 1. The van der Waals surface area contributed by atoms with Crippen LogP contribution in [0.15, 0.2) is 72.8 Å². The molecular formula is C26H29NO4. The molecule has 0 amide bonds. The fraction of sp³-hybridized carbons (Fsp3) is 0.308. The first-order valence-electron chi connectivity index (χ1n) is 10.5. The van der Waals surface area contributed by atoms with Crippen molar-refractivity contribution in [3.63, 3.8) is 0 Å². The number of para-hydroxylation sites is 1. The van der Waals surface area contributed by atoms with Crippen LogP contribution in [0.5, 0.6) is 17.2 Å². The lowest BCUT2D eigenvalue weighted by molar-refractivity contribution is 0.0259. The smallest absolute Gasteiger partial charge is 0.185 e. The van der Waals surface area contributed by atoms with Gasteiger partial charge in [0.1, 0.15) is 17.2 Å². The highest BCUT2D eigenvalue weighted by atomic mass is 16.5. The van der Waals surface area contributed by atoms with E-state index >= 15 is 0 Å². The molecule has 4 rings (SSSR count). The first-order chi connectivity index (χ1) is 15.0. The number of benzene rings is 3. The average Bonchev–Trinajstić information content (AvgIpc) is 2.92. The summed E-state index contributed by atoms with van der Waals surface area (Å²) in [4.78, 5) is 0. The van der Waals surface area contributed by atoms with E-state index in [1.807, 2.05) is 60.7 Å². The van der Waals surface area contributed by atoms with Gasteiger partial charge in [0, 0.05) is 17.5 Å². The predicted octanol–water partition coefficient (Wildman–Crippen LogP) is 4.58. The lowest BCUT2D eigenvalue weighted by Gasteiger charge is -2.32. The third-order valence-corrected chi connectivity index (χ3v) is 6.08. The normalized spacial score (nSPS) is 22.7. The van der Waals surface area contributed by atoms with Crippen molar-refractivity contribution in [3.8, 4) is 17.2 Å². The Hall–Kier alpha value is -3.02. The van der Waals surface area contributed by atoms with Crippen molar-refractivity contribution in [2.75, 3.05) is 14.2 Å². The molecule has 5 heteroatoms. The highest BCUT2D eigenvalue weighted by molar-refractivity contribution is 5.39. The van der Waals surface area contributed by atoms with Gasteiger partial charge in [-0.1, -0.05) is 30.3 Å². The van der Waals surface area contributed by atoms with Crippen molar-refractivity contribution in [2.24, 2.45) is 11.7 Å². The summed E-state index contributed by atoms with van der Waals surface area (Å²) in [6.07, 6.45) is 1.44. The summed E-state index contributed by atoms with van der Waals surface area (Å²) in [7, 11) is 3.30. The van der Waals surface area contributed by atoms with Gasteiger partial charge in [-0.2, -0.15) is 0 Å². The highest BCUT2D eigenvalue weighted by Gasteiger charge is 2.40. The van der Waals surface area contributed by atoms with Crippen molar-refractivity contribution in [2.45, 2.75) is 31.1 Å². The van der Waals surface area contributed by atoms with E-state index in [4.69, 9.17) is 19.9 Å².